The third kappa shape index (κ3) is 2.76. The third-order valence-corrected chi connectivity index (χ3v) is 2.85. The highest BCUT2D eigenvalue weighted by molar-refractivity contribution is 5.76. The van der Waals surface area contributed by atoms with Gasteiger partial charge in [0.1, 0.15) is 12.1 Å². The molecule has 2 rings (SSSR count). The molecule has 19 heavy (non-hydrogen) atoms. The maximum absolute atomic E-state index is 10.8. The Hall–Kier alpha value is -2.30. The number of aromatic nitrogens is 2. The molecule has 1 heterocycles. The fourth-order valence-electron chi connectivity index (χ4n) is 1.87. The van der Waals surface area contributed by atoms with Crippen LogP contribution in [0, 0.1) is 0 Å². The van der Waals surface area contributed by atoms with E-state index in [1.807, 2.05) is 24.7 Å². The average Bonchev–Trinajstić information content (AvgIpc) is 2.85. The van der Waals surface area contributed by atoms with Gasteiger partial charge in [0, 0.05) is 25.0 Å². The summed E-state index contributed by atoms with van der Waals surface area (Å²) in [5, 5.41) is 0. The number of ether oxygens (including phenoxy) is 2. The van der Waals surface area contributed by atoms with Crippen LogP contribution < -0.4 is 9.47 Å². The topological polar surface area (TPSA) is 53.4 Å². The highest BCUT2D eigenvalue weighted by atomic mass is 16.5. The van der Waals surface area contributed by atoms with Gasteiger partial charge in [-0.25, -0.2) is 4.98 Å². The maximum Gasteiger partial charge on any atom is 0.162 e. The van der Waals surface area contributed by atoms with Crippen molar-refractivity contribution in [3.63, 3.8) is 0 Å². The van der Waals surface area contributed by atoms with Crippen LogP contribution in [-0.2, 0) is 7.05 Å². The third-order valence-electron chi connectivity index (χ3n) is 2.85. The van der Waals surface area contributed by atoms with E-state index in [1.54, 1.807) is 31.5 Å². The molecular weight excluding hydrogens is 244 g/mol. The Balaban J connectivity index is 2.27. The average molecular weight is 260 g/mol. The van der Waals surface area contributed by atoms with Crippen molar-refractivity contribution in [2.24, 2.45) is 7.05 Å². The van der Waals surface area contributed by atoms with E-state index >= 15 is 0 Å². The van der Waals surface area contributed by atoms with Crippen molar-refractivity contribution in [2.45, 2.75) is 13.0 Å². The highest BCUT2D eigenvalue weighted by Crippen LogP contribution is 2.31. The lowest BCUT2D eigenvalue weighted by Gasteiger charge is -2.17. The van der Waals surface area contributed by atoms with E-state index in [-0.39, 0.29) is 6.10 Å². The standard InChI is InChI=1S/C14H16N2O3/c1-10(14-15-6-7-16(14)2)19-13-8-11(9-17)4-5-12(13)18-3/h4-10H,1-3H3. The molecule has 0 saturated heterocycles. The van der Waals surface area contributed by atoms with Crippen molar-refractivity contribution < 1.29 is 14.3 Å². The van der Waals surface area contributed by atoms with Gasteiger partial charge in [-0.05, 0) is 25.1 Å². The summed E-state index contributed by atoms with van der Waals surface area (Å²) in [4.78, 5) is 15.1. The number of carbonyl (C=O) groups is 1. The summed E-state index contributed by atoms with van der Waals surface area (Å²) < 4.78 is 13.0. The molecule has 2 aromatic rings. The van der Waals surface area contributed by atoms with Gasteiger partial charge >= 0.3 is 0 Å². The first-order valence-corrected chi connectivity index (χ1v) is 5.92. The van der Waals surface area contributed by atoms with Crippen molar-refractivity contribution in [1.82, 2.24) is 9.55 Å². The zero-order valence-electron chi connectivity index (χ0n) is 11.2. The molecule has 1 atom stereocenters. The zero-order chi connectivity index (χ0) is 13.8. The van der Waals surface area contributed by atoms with Gasteiger partial charge in [0.25, 0.3) is 0 Å². The lowest BCUT2D eigenvalue weighted by molar-refractivity contribution is 0.112. The van der Waals surface area contributed by atoms with Crippen LogP contribution in [0.15, 0.2) is 30.6 Å². The number of methoxy groups -OCH3 is 1. The van der Waals surface area contributed by atoms with Gasteiger partial charge in [0.2, 0.25) is 0 Å². The Kier molecular flexibility index (Phi) is 3.85. The number of aldehydes is 1. The van der Waals surface area contributed by atoms with Crippen LogP contribution >= 0.6 is 0 Å². The van der Waals surface area contributed by atoms with E-state index in [4.69, 9.17) is 9.47 Å². The van der Waals surface area contributed by atoms with Crippen LogP contribution in [-0.4, -0.2) is 22.9 Å². The Labute approximate surface area is 111 Å². The minimum atomic E-state index is -0.240. The van der Waals surface area contributed by atoms with E-state index in [1.165, 1.54) is 0 Å². The summed E-state index contributed by atoms with van der Waals surface area (Å²) in [7, 11) is 3.47. The predicted molar refractivity (Wildman–Crippen MR) is 70.6 cm³/mol. The normalized spacial score (nSPS) is 11.9. The Morgan fingerprint density at radius 1 is 1.37 bits per heavy atom. The van der Waals surface area contributed by atoms with Crippen LogP contribution in [0.1, 0.15) is 29.2 Å². The number of nitrogens with zero attached hydrogens (tertiary/aromatic N) is 2. The van der Waals surface area contributed by atoms with Gasteiger partial charge in [-0.15, -0.1) is 0 Å². The number of hydrogen-bond acceptors (Lipinski definition) is 4. The number of imidazole rings is 1. The summed E-state index contributed by atoms with van der Waals surface area (Å²) in [6.07, 6.45) is 4.11. The first kappa shape index (κ1) is 13.1. The Morgan fingerprint density at radius 2 is 2.16 bits per heavy atom. The number of carbonyl (C=O) groups excluding carboxylic acids is 1. The fourth-order valence-corrected chi connectivity index (χ4v) is 1.87. The van der Waals surface area contributed by atoms with Gasteiger partial charge in [-0.1, -0.05) is 0 Å². The number of hydrogen-bond donors (Lipinski definition) is 0. The van der Waals surface area contributed by atoms with Gasteiger partial charge < -0.3 is 14.0 Å². The molecule has 0 spiro atoms. The second-order valence-corrected chi connectivity index (χ2v) is 4.18. The molecule has 1 aromatic heterocycles. The summed E-state index contributed by atoms with van der Waals surface area (Å²) >= 11 is 0. The van der Waals surface area contributed by atoms with Gasteiger partial charge in [0.05, 0.1) is 7.11 Å². The summed E-state index contributed by atoms with van der Waals surface area (Å²) in [5.74, 6) is 1.92. The number of aryl methyl sites for hydroxylation is 1. The van der Waals surface area contributed by atoms with Crippen LogP contribution in [0.4, 0.5) is 0 Å². The largest absolute Gasteiger partial charge is 0.493 e. The van der Waals surface area contributed by atoms with Crippen molar-refractivity contribution in [3.8, 4) is 11.5 Å². The molecular formula is C14H16N2O3. The molecule has 0 saturated carbocycles. The summed E-state index contributed by atoms with van der Waals surface area (Å²) in [6.45, 7) is 1.90. The van der Waals surface area contributed by atoms with Crippen LogP contribution in [0.2, 0.25) is 0 Å². The molecule has 100 valence electrons. The van der Waals surface area contributed by atoms with Crippen molar-refractivity contribution in [3.05, 3.63) is 42.0 Å². The Bertz CT molecular complexity index is 578. The van der Waals surface area contributed by atoms with Crippen molar-refractivity contribution >= 4 is 6.29 Å². The minimum Gasteiger partial charge on any atom is -0.493 e. The molecule has 0 bridgehead atoms. The first-order valence-electron chi connectivity index (χ1n) is 5.92. The predicted octanol–water partition coefficient (Wildman–Crippen LogP) is 2.38. The minimum absolute atomic E-state index is 0.240. The molecule has 0 N–H and O–H groups in total. The highest BCUT2D eigenvalue weighted by Gasteiger charge is 2.15. The molecule has 5 heteroatoms. The summed E-state index contributed by atoms with van der Waals surface area (Å²) in [6, 6.07) is 5.06. The van der Waals surface area contributed by atoms with Crippen molar-refractivity contribution in [2.75, 3.05) is 7.11 Å². The molecule has 0 aliphatic heterocycles. The fraction of sp³-hybridized carbons (Fsp3) is 0.286. The quantitative estimate of drug-likeness (QED) is 0.774. The van der Waals surface area contributed by atoms with Crippen LogP contribution in [0.5, 0.6) is 11.5 Å². The van der Waals surface area contributed by atoms with E-state index in [9.17, 15) is 4.79 Å². The summed E-state index contributed by atoms with van der Waals surface area (Å²) in [5.41, 5.74) is 0.544. The number of rotatable bonds is 5. The molecule has 0 aliphatic rings. The van der Waals surface area contributed by atoms with Crippen molar-refractivity contribution in [1.29, 1.82) is 0 Å². The maximum atomic E-state index is 10.8. The Morgan fingerprint density at radius 3 is 2.74 bits per heavy atom. The van der Waals surface area contributed by atoms with Gasteiger partial charge in [0.15, 0.2) is 17.6 Å². The van der Waals surface area contributed by atoms with Crippen LogP contribution in [0.3, 0.4) is 0 Å². The number of benzene rings is 1. The van der Waals surface area contributed by atoms with Gasteiger partial charge in [-0.3, -0.25) is 4.79 Å². The molecule has 1 aromatic carbocycles. The molecule has 0 radical (unpaired) electrons. The second-order valence-electron chi connectivity index (χ2n) is 4.18. The molecule has 0 fully saturated rings. The molecule has 1 unspecified atom stereocenters. The molecule has 0 amide bonds. The zero-order valence-corrected chi connectivity index (χ0v) is 11.2. The molecule has 5 nitrogen and oxygen atoms in total. The lowest BCUT2D eigenvalue weighted by Crippen LogP contribution is -2.10. The monoisotopic (exact) mass is 260 g/mol. The first-order chi connectivity index (χ1) is 9.15. The van der Waals surface area contributed by atoms with E-state index in [0.29, 0.717) is 17.1 Å². The smallest absolute Gasteiger partial charge is 0.162 e. The van der Waals surface area contributed by atoms with E-state index < -0.39 is 0 Å². The van der Waals surface area contributed by atoms with Gasteiger partial charge in [-0.2, -0.15) is 0 Å². The SMILES string of the molecule is COc1ccc(C=O)cc1OC(C)c1nccn1C. The second kappa shape index (κ2) is 5.56. The lowest BCUT2D eigenvalue weighted by atomic mass is 10.2. The van der Waals surface area contributed by atoms with E-state index in [0.717, 1.165) is 12.1 Å². The van der Waals surface area contributed by atoms with E-state index in [2.05, 4.69) is 4.98 Å². The molecule has 0 aliphatic carbocycles. The van der Waals surface area contributed by atoms with Crippen LogP contribution in [0.25, 0.3) is 0 Å².